The summed E-state index contributed by atoms with van der Waals surface area (Å²) in [5.41, 5.74) is 11.9. The summed E-state index contributed by atoms with van der Waals surface area (Å²) in [5.74, 6) is 1.78. The van der Waals surface area contributed by atoms with Crippen molar-refractivity contribution in [3.8, 4) is 78.7 Å². The fraction of sp³-hybridized carbons (Fsp3) is 0. The molecule has 0 amide bonds. The van der Waals surface area contributed by atoms with E-state index in [2.05, 4.69) is 127 Å². The molecule has 0 radical (unpaired) electrons. The molecule has 0 bridgehead atoms. The number of benzene rings is 7. The molecule has 7 aromatic carbocycles. The maximum atomic E-state index is 6.37. The molecule has 1 heterocycles. The van der Waals surface area contributed by atoms with E-state index in [4.69, 9.17) is 26.6 Å². The second-order valence-electron chi connectivity index (χ2n) is 11.8. The van der Waals surface area contributed by atoms with Gasteiger partial charge in [-0.1, -0.05) is 169 Å². The number of hydrogen-bond acceptors (Lipinski definition) is 3. The lowest BCUT2D eigenvalue weighted by Gasteiger charge is -2.19. The number of aromatic nitrogens is 3. The van der Waals surface area contributed by atoms with E-state index in [0.29, 0.717) is 22.5 Å². The highest BCUT2D eigenvalue weighted by molar-refractivity contribution is 6.30. The van der Waals surface area contributed by atoms with Crippen molar-refractivity contribution < 1.29 is 0 Å². The molecule has 0 atom stereocenters. The van der Waals surface area contributed by atoms with Gasteiger partial charge in [-0.2, -0.15) is 0 Å². The van der Waals surface area contributed by atoms with Gasteiger partial charge < -0.3 is 0 Å². The molecular formula is C45H30ClN3. The van der Waals surface area contributed by atoms with E-state index in [1.807, 2.05) is 54.6 Å². The van der Waals surface area contributed by atoms with E-state index in [1.165, 1.54) is 27.8 Å². The van der Waals surface area contributed by atoms with Crippen LogP contribution < -0.4 is 0 Å². The second-order valence-corrected chi connectivity index (χ2v) is 12.2. The summed E-state index contributed by atoms with van der Waals surface area (Å²) in [4.78, 5) is 14.7. The number of nitrogens with zero attached hydrogens (tertiary/aromatic N) is 3. The Hall–Kier alpha value is -6.16. The Bertz CT molecular complexity index is 2300. The average Bonchev–Trinajstić information content (AvgIpc) is 3.18. The standard InChI is InChI=1S/C45H30ClN3/c46-39-23-13-22-37(28-39)45-48-43(35-20-11-4-12-21-35)47-44(49-45)36-26-24-34(25-27-36)42-40(32-16-7-2-8-17-32)29-38(31-14-5-1-6-15-31)30-41(42)33-18-9-3-10-19-33/h1-30H. The van der Waals surface area contributed by atoms with Gasteiger partial charge in [0.1, 0.15) is 0 Å². The van der Waals surface area contributed by atoms with Gasteiger partial charge in [0.05, 0.1) is 0 Å². The number of halogens is 1. The molecule has 8 rings (SSSR count). The zero-order chi connectivity index (χ0) is 33.0. The molecule has 0 aliphatic carbocycles. The minimum atomic E-state index is 0.574. The van der Waals surface area contributed by atoms with Crippen LogP contribution in [0.4, 0.5) is 0 Å². The van der Waals surface area contributed by atoms with Gasteiger partial charge in [-0.25, -0.2) is 15.0 Å². The minimum absolute atomic E-state index is 0.574. The van der Waals surface area contributed by atoms with Crippen LogP contribution in [0.2, 0.25) is 5.02 Å². The maximum absolute atomic E-state index is 6.37. The smallest absolute Gasteiger partial charge is 0.164 e. The highest BCUT2D eigenvalue weighted by Gasteiger charge is 2.18. The molecule has 0 aliphatic heterocycles. The van der Waals surface area contributed by atoms with Gasteiger partial charge in [0.15, 0.2) is 17.5 Å². The van der Waals surface area contributed by atoms with Gasteiger partial charge in [-0.05, 0) is 68.8 Å². The normalized spacial score (nSPS) is 11.0. The molecule has 232 valence electrons. The molecule has 0 spiro atoms. The van der Waals surface area contributed by atoms with Crippen LogP contribution in [-0.4, -0.2) is 15.0 Å². The SMILES string of the molecule is Clc1cccc(-c2nc(-c3ccccc3)nc(-c3ccc(-c4c(-c5ccccc5)cc(-c5ccccc5)cc4-c4ccccc4)cc3)n2)c1. The van der Waals surface area contributed by atoms with Crippen molar-refractivity contribution in [1.29, 1.82) is 0 Å². The third-order valence-electron chi connectivity index (χ3n) is 8.60. The molecule has 4 heteroatoms. The van der Waals surface area contributed by atoms with E-state index in [1.54, 1.807) is 0 Å². The number of rotatable bonds is 7. The first-order valence-electron chi connectivity index (χ1n) is 16.2. The van der Waals surface area contributed by atoms with Crippen LogP contribution in [0.3, 0.4) is 0 Å². The molecule has 0 saturated heterocycles. The summed E-state index contributed by atoms with van der Waals surface area (Å²) in [6.07, 6.45) is 0. The molecule has 0 fully saturated rings. The predicted octanol–water partition coefficient (Wildman–Crippen LogP) is 12.2. The van der Waals surface area contributed by atoms with Gasteiger partial charge in [0.2, 0.25) is 0 Å². The summed E-state index contributed by atoms with van der Waals surface area (Å²) in [5, 5.41) is 0.631. The van der Waals surface area contributed by atoms with Gasteiger partial charge >= 0.3 is 0 Å². The first-order valence-corrected chi connectivity index (χ1v) is 16.6. The van der Waals surface area contributed by atoms with Gasteiger partial charge in [-0.3, -0.25) is 0 Å². The van der Waals surface area contributed by atoms with Crippen molar-refractivity contribution in [1.82, 2.24) is 15.0 Å². The Balaban J connectivity index is 1.30. The summed E-state index contributed by atoms with van der Waals surface area (Å²) >= 11 is 6.37. The van der Waals surface area contributed by atoms with Crippen LogP contribution in [0, 0.1) is 0 Å². The largest absolute Gasteiger partial charge is 0.208 e. The molecular weight excluding hydrogens is 618 g/mol. The van der Waals surface area contributed by atoms with E-state index >= 15 is 0 Å². The summed E-state index contributed by atoms with van der Waals surface area (Å²) in [6.45, 7) is 0. The third kappa shape index (κ3) is 6.40. The molecule has 0 aliphatic rings. The first kappa shape index (κ1) is 30.2. The fourth-order valence-electron chi connectivity index (χ4n) is 6.21. The van der Waals surface area contributed by atoms with E-state index in [0.717, 1.165) is 33.4 Å². The summed E-state index contributed by atoms with van der Waals surface area (Å²) in [6, 6.07) is 62.7. The van der Waals surface area contributed by atoms with Crippen molar-refractivity contribution in [2.24, 2.45) is 0 Å². The predicted molar refractivity (Wildman–Crippen MR) is 203 cm³/mol. The van der Waals surface area contributed by atoms with Crippen LogP contribution in [0.15, 0.2) is 182 Å². The van der Waals surface area contributed by atoms with Crippen LogP contribution in [-0.2, 0) is 0 Å². The van der Waals surface area contributed by atoms with Crippen molar-refractivity contribution >= 4 is 11.6 Å². The highest BCUT2D eigenvalue weighted by Crippen LogP contribution is 2.43. The van der Waals surface area contributed by atoms with E-state index < -0.39 is 0 Å². The van der Waals surface area contributed by atoms with Gasteiger partial charge in [-0.15, -0.1) is 0 Å². The zero-order valence-corrected chi connectivity index (χ0v) is 27.3. The Morgan fingerprint density at radius 1 is 0.286 bits per heavy atom. The first-order chi connectivity index (χ1) is 24.2. The van der Waals surface area contributed by atoms with Crippen LogP contribution in [0.1, 0.15) is 0 Å². The lowest BCUT2D eigenvalue weighted by atomic mass is 9.84. The van der Waals surface area contributed by atoms with Gasteiger partial charge in [0, 0.05) is 21.7 Å². The number of hydrogen-bond donors (Lipinski definition) is 0. The van der Waals surface area contributed by atoms with E-state index in [9.17, 15) is 0 Å². The molecule has 8 aromatic rings. The van der Waals surface area contributed by atoms with Crippen molar-refractivity contribution in [3.05, 3.63) is 187 Å². The lowest BCUT2D eigenvalue weighted by Crippen LogP contribution is -2.00. The van der Waals surface area contributed by atoms with Crippen LogP contribution in [0.5, 0.6) is 0 Å². The highest BCUT2D eigenvalue weighted by atomic mass is 35.5. The molecule has 3 nitrogen and oxygen atoms in total. The quantitative estimate of drug-likeness (QED) is 0.173. The minimum Gasteiger partial charge on any atom is -0.208 e. The molecule has 0 N–H and O–H groups in total. The Labute approximate surface area is 291 Å². The average molecular weight is 648 g/mol. The van der Waals surface area contributed by atoms with Gasteiger partial charge in [0.25, 0.3) is 0 Å². The van der Waals surface area contributed by atoms with Crippen LogP contribution in [0.25, 0.3) is 78.7 Å². The third-order valence-corrected chi connectivity index (χ3v) is 8.83. The van der Waals surface area contributed by atoms with Crippen molar-refractivity contribution in [3.63, 3.8) is 0 Å². The molecule has 0 saturated carbocycles. The fourth-order valence-corrected chi connectivity index (χ4v) is 6.40. The molecule has 49 heavy (non-hydrogen) atoms. The Kier molecular flexibility index (Phi) is 8.33. The molecule has 0 unspecified atom stereocenters. The summed E-state index contributed by atoms with van der Waals surface area (Å²) in [7, 11) is 0. The van der Waals surface area contributed by atoms with E-state index in [-0.39, 0.29) is 0 Å². The van der Waals surface area contributed by atoms with Crippen molar-refractivity contribution in [2.75, 3.05) is 0 Å². The Morgan fingerprint density at radius 2 is 0.673 bits per heavy atom. The molecule has 1 aromatic heterocycles. The topological polar surface area (TPSA) is 38.7 Å². The zero-order valence-electron chi connectivity index (χ0n) is 26.5. The monoisotopic (exact) mass is 647 g/mol. The lowest BCUT2D eigenvalue weighted by molar-refractivity contribution is 1.07. The van der Waals surface area contributed by atoms with Crippen molar-refractivity contribution in [2.45, 2.75) is 0 Å². The van der Waals surface area contributed by atoms with Crippen LogP contribution >= 0.6 is 11.6 Å². The maximum Gasteiger partial charge on any atom is 0.164 e. The second kappa shape index (κ2) is 13.5. The Morgan fingerprint density at radius 3 is 1.16 bits per heavy atom. The summed E-state index contributed by atoms with van der Waals surface area (Å²) < 4.78 is 0.